The number of fused-ring (bicyclic) bond motifs is 1. The summed E-state index contributed by atoms with van der Waals surface area (Å²) in [6.45, 7) is 3.97. The highest BCUT2D eigenvalue weighted by molar-refractivity contribution is 5.92. The van der Waals surface area contributed by atoms with Crippen molar-refractivity contribution >= 4 is 10.9 Å². The summed E-state index contributed by atoms with van der Waals surface area (Å²) in [4.78, 5) is 4.91. The van der Waals surface area contributed by atoms with Gasteiger partial charge in [-0.3, -0.25) is 4.90 Å². The van der Waals surface area contributed by atoms with Crippen molar-refractivity contribution in [2.24, 2.45) is 0 Å². The number of para-hydroxylation sites is 1. The number of rotatable bonds is 5. The summed E-state index contributed by atoms with van der Waals surface area (Å²) in [6.07, 6.45) is 0. The van der Waals surface area contributed by atoms with E-state index in [1.807, 2.05) is 42.5 Å². The fourth-order valence-electron chi connectivity index (χ4n) is 4.83. The summed E-state index contributed by atoms with van der Waals surface area (Å²) in [5.74, 6) is 0.846. The Morgan fingerprint density at radius 3 is 2.16 bits per heavy atom. The zero-order valence-corrected chi connectivity index (χ0v) is 18.6. The first-order valence-electron chi connectivity index (χ1n) is 11.1. The molecule has 1 saturated heterocycles. The Hall–Kier alpha value is -3.28. The van der Waals surface area contributed by atoms with Gasteiger partial charge < -0.3 is 14.8 Å². The lowest BCUT2D eigenvalue weighted by Gasteiger charge is -2.38. The van der Waals surface area contributed by atoms with Gasteiger partial charge in [-0.05, 0) is 30.8 Å². The molecule has 164 valence electrons. The van der Waals surface area contributed by atoms with Crippen LogP contribution in [-0.4, -0.2) is 60.1 Å². The lowest BCUT2D eigenvalue weighted by Crippen LogP contribution is -2.46. The van der Waals surface area contributed by atoms with Crippen LogP contribution < -0.4 is 4.74 Å². The van der Waals surface area contributed by atoms with Crippen LogP contribution >= 0.6 is 0 Å². The summed E-state index contributed by atoms with van der Waals surface area (Å²) in [5, 5.41) is 12.4. The number of piperazine rings is 1. The van der Waals surface area contributed by atoms with Gasteiger partial charge in [-0.25, -0.2) is 0 Å². The van der Waals surface area contributed by atoms with E-state index in [1.54, 1.807) is 7.11 Å². The molecule has 0 bridgehead atoms. The number of methoxy groups -OCH3 is 1. The second-order valence-corrected chi connectivity index (χ2v) is 8.47. The monoisotopic (exact) mass is 427 g/mol. The number of likely N-dealkylation sites (N-methyl/N-ethyl adjacent to an activating group) is 1. The van der Waals surface area contributed by atoms with Gasteiger partial charge in [-0.2, -0.15) is 4.73 Å². The van der Waals surface area contributed by atoms with Crippen molar-refractivity contribution in [2.75, 3.05) is 40.3 Å². The average molecular weight is 428 g/mol. The standard InChI is InChI=1S/C27H29N3O2/c1-28-16-18-29(19-17-28)26(21-12-14-22(32-2)15-13-21)25-23-10-6-7-11-24(23)30(31)27(25)20-8-4-3-5-9-20/h3-15,26,31H,16-19H2,1-2H3. The van der Waals surface area contributed by atoms with Crippen LogP contribution in [-0.2, 0) is 0 Å². The number of benzene rings is 3. The summed E-state index contributed by atoms with van der Waals surface area (Å²) in [5.41, 5.74) is 5.03. The van der Waals surface area contributed by atoms with Crippen LogP contribution in [0.1, 0.15) is 17.2 Å². The first-order valence-corrected chi connectivity index (χ1v) is 11.1. The maximum Gasteiger partial charge on any atom is 0.118 e. The third-order valence-electron chi connectivity index (χ3n) is 6.54. The minimum Gasteiger partial charge on any atom is -0.497 e. The third-order valence-corrected chi connectivity index (χ3v) is 6.54. The average Bonchev–Trinajstić information content (AvgIpc) is 3.14. The Labute approximate surface area is 189 Å². The summed E-state index contributed by atoms with van der Waals surface area (Å²) < 4.78 is 6.78. The zero-order chi connectivity index (χ0) is 22.1. The summed E-state index contributed by atoms with van der Waals surface area (Å²) >= 11 is 0. The van der Waals surface area contributed by atoms with E-state index in [9.17, 15) is 5.21 Å². The molecule has 1 aromatic heterocycles. The number of hydrogen-bond acceptors (Lipinski definition) is 4. The molecule has 0 saturated carbocycles. The molecule has 4 aromatic rings. The molecule has 1 fully saturated rings. The van der Waals surface area contributed by atoms with E-state index in [2.05, 4.69) is 53.2 Å². The van der Waals surface area contributed by atoms with E-state index in [-0.39, 0.29) is 6.04 Å². The van der Waals surface area contributed by atoms with Crippen LogP contribution in [0.4, 0.5) is 0 Å². The number of hydrogen-bond donors (Lipinski definition) is 1. The second kappa shape index (κ2) is 8.69. The molecule has 32 heavy (non-hydrogen) atoms. The smallest absolute Gasteiger partial charge is 0.118 e. The molecule has 1 aliphatic rings. The van der Waals surface area contributed by atoms with Crippen molar-refractivity contribution < 1.29 is 9.94 Å². The molecule has 3 aromatic carbocycles. The fraction of sp³-hybridized carbons (Fsp3) is 0.259. The topological polar surface area (TPSA) is 40.9 Å². The Balaban J connectivity index is 1.76. The van der Waals surface area contributed by atoms with E-state index in [1.165, 1.54) is 10.3 Å². The largest absolute Gasteiger partial charge is 0.497 e. The first-order chi connectivity index (χ1) is 15.7. The molecule has 0 amide bonds. The number of ether oxygens (including phenoxy) is 1. The van der Waals surface area contributed by atoms with Crippen molar-refractivity contribution in [1.82, 2.24) is 14.5 Å². The van der Waals surface area contributed by atoms with Crippen LogP contribution in [0.25, 0.3) is 22.2 Å². The van der Waals surface area contributed by atoms with Gasteiger partial charge in [-0.15, -0.1) is 0 Å². The van der Waals surface area contributed by atoms with Gasteiger partial charge in [0.25, 0.3) is 0 Å². The molecule has 5 heteroatoms. The molecule has 2 heterocycles. The van der Waals surface area contributed by atoms with Gasteiger partial charge in [0, 0.05) is 42.7 Å². The maximum atomic E-state index is 11.3. The minimum atomic E-state index is 0.0168. The Bertz CT molecular complexity index is 1190. The van der Waals surface area contributed by atoms with Crippen LogP contribution in [0, 0.1) is 0 Å². The molecule has 1 atom stereocenters. The molecule has 1 unspecified atom stereocenters. The van der Waals surface area contributed by atoms with Crippen molar-refractivity contribution in [3.05, 3.63) is 90.0 Å². The fourth-order valence-corrected chi connectivity index (χ4v) is 4.83. The van der Waals surface area contributed by atoms with Gasteiger partial charge in [0.15, 0.2) is 0 Å². The van der Waals surface area contributed by atoms with E-state index in [0.29, 0.717) is 0 Å². The van der Waals surface area contributed by atoms with E-state index < -0.39 is 0 Å². The van der Waals surface area contributed by atoms with Crippen molar-refractivity contribution in [3.63, 3.8) is 0 Å². The molecule has 5 rings (SSSR count). The lowest BCUT2D eigenvalue weighted by atomic mass is 9.91. The summed E-state index contributed by atoms with van der Waals surface area (Å²) in [6, 6.07) is 26.7. The Morgan fingerprint density at radius 1 is 0.812 bits per heavy atom. The van der Waals surface area contributed by atoms with Crippen LogP contribution in [0.15, 0.2) is 78.9 Å². The van der Waals surface area contributed by atoms with Gasteiger partial charge in [0.1, 0.15) is 5.75 Å². The van der Waals surface area contributed by atoms with E-state index in [4.69, 9.17) is 4.74 Å². The number of aromatic nitrogens is 1. The first kappa shape index (κ1) is 20.6. The van der Waals surface area contributed by atoms with Crippen molar-refractivity contribution in [3.8, 4) is 17.0 Å². The number of nitrogens with zero attached hydrogens (tertiary/aromatic N) is 3. The maximum absolute atomic E-state index is 11.3. The molecule has 0 radical (unpaired) electrons. The third kappa shape index (κ3) is 3.64. The Kier molecular flexibility index (Phi) is 5.60. The van der Waals surface area contributed by atoms with E-state index in [0.717, 1.165) is 59.7 Å². The minimum absolute atomic E-state index is 0.0168. The zero-order valence-electron chi connectivity index (χ0n) is 18.6. The van der Waals surface area contributed by atoms with Crippen molar-refractivity contribution in [2.45, 2.75) is 6.04 Å². The molecule has 0 aliphatic carbocycles. The van der Waals surface area contributed by atoms with Crippen molar-refractivity contribution in [1.29, 1.82) is 0 Å². The SMILES string of the molecule is COc1ccc(C(c2c(-c3ccccc3)n(O)c3ccccc23)N2CCN(C)CC2)cc1. The van der Waals surface area contributed by atoms with Gasteiger partial charge >= 0.3 is 0 Å². The Morgan fingerprint density at radius 2 is 1.47 bits per heavy atom. The van der Waals surface area contributed by atoms with Crippen LogP contribution in [0.2, 0.25) is 0 Å². The van der Waals surface area contributed by atoms with Crippen LogP contribution in [0.5, 0.6) is 5.75 Å². The predicted octanol–water partition coefficient (Wildman–Crippen LogP) is 4.89. The molecular formula is C27H29N3O2. The second-order valence-electron chi connectivity index (χ2n) is 8.47. The molecule has 1 N–H and O–H groups in total. The van der Waals surface area contributed by atoms with Gasteiger partial charge in [-0.1, -0.05) is 60.7 Å². The van der Waals surface area contributed by atoms with Crippen LogP contribution in [0.3, 0.4) is 0 Å². The highest BCUT2D eigenvalue weighted by Gasteiger charge is 2.32. The summed E-state index contributed by atoms with van der Waals surface area (Å²) in [7, 11) is 3.87. The molecule has 5 nitrogen and oxygen atoms in total. The predicted molar refractivity (Wildman–Crippen MR) is 128 cm³/mol. The molecule has 1 aliphatic heterocycles. The quantitative estimate of drug-likeness (QED) is 0.461. The highest BCUT2D eigenvalue weighted by Crippen LogP contribution is 2.42. The highest BCUT2D eigenvalue weighted by atomic mass is 16.5. The normalized spacial score (nSPS) is 16.3. The lowest BCUT2D eigenvalue weighted by molar-refractivity contribution is 0.127. The van der Waals surface area contributed by atoms with Gasteiger partial charge in [0.2, 0.25) is 0 Å². The van der Waals surface area contributed by atoms with E-state index >= 15 is 0 Å². The van der Waals surface area contributed by atoms with Gasteiger partial charge in [0.05, 0.1) is 24.4 Å². The molecule has 0 spiro atoms. The molecular weight excluding hydrogens is 398 g/mol.